The standard InChI is InChI=1S/C24H23N3O2S/c1-16(2)29-20-11-9-19(10-12-20)23(28)27(15-18-7-5-13-25-14-18)24-26-22-17(3)6-4-8-21(22)30-24/h4-14,16H,15H2,1-3H3. The number of hydrogen-bond donors (Lipinski definition) is 0. The molecule has 6 heteroatoms. The van der Waals surface area contributed by atoms with Gasteiger partial charge in [-0.3, -0.25) is 14.7 Å². The van der Waals surface area contributed by atoms with Crippen molar-refractivity contribution in [3.05, 3.63) is 83.7 Å². The minimum atomic E-state index is -0.105. The molecule has 0 aliphatic rings. The van der Waals surface area contributed by atoms with Gasteiger partial charge in [-0.2, -0.15) is 0 Å². The number of anilines is 1. The van der Waals surface area contributed by atoms with Crippen LogP contribution in [-0.4, -0.2) is 22.0 Å². The molecular weight excluding hydrogens is 394 g/mol. The van der Waals surface area contributed by atoms with Gasteiger partial charge in [-0.1, -0.05) is 29.5 Å². The number of carbonyl (C=O) groups excluding carboxylic acids is 1. The number of rotatable bonds is 6. The highest BCUT2D eigenvalue weighted by atomic mass is 32.1. The zero-order valence-electron chi connectivity index (χ0n) is 17.2. The molecule has 0 saturated carbocycles. The van der Waals surface area contributed by atoms with Crippen molar-refractivity contribution in [2.75, 3.05) is 4.90 Å². The van der Waals surface area contributed by atoms with Crippen molar-refractivity contribution in [3.8, 4) is 5.75 Å². The predicted molar refractivity (Wildman–Crippen MR) is 121 cm³/mol. The first kappa shape index (κ1) is 20.0. The van der Waals surface area contributed by atoms with E-state index in [1.54, 1.807) is 29.4 Å². The number of pyridine rings is 1. The molecule has 0 unspecified atom stereocenters. The normalized spacial score (nSPS) is 11.1. The Hall–Kier alpha value is -3.25. The molecule has 0 aliphatic heterocycles. The molecule has 2 aromatic heterocycles. The van der Waals surface area contributed by atoms with Crippen molar-refractivity contribution in [3.63, 3.8) is 0 Å². The molecule has 0 radical (unpaired) electrons. The van der Waals surface area contributed by atoms with E-state index in [2.05, 4.69) is 4.98 Å². The van der Waals surface area contributed by atoms with E-state index in [1.807, 2.05) is 63.2 Å². The molecule has 0 fully saturated rings. The Bertz CT molecular complexity index is 1150. The van der Waals surface area contributed by atoms with Crippen LogP contribution in [0.15, 0.2) is 67.0 Å². The van der Waals surface area contributed by atoms with E-state index in [4.69, 9.17) is 9.72 Å². The highest BCUT2D eigenvalue weighted by Crippen LogP contribution is 2.32. The Balaban J connectivity index is 1.70. The highest BCUT2D eigenvalue weighted by Gasteiger charge is 2.22. The van der Waals surface area contributed by atoms with Crippen molar-refractivity contribution in [1.82, 2.24) is 9.97 Å². The molecule has 2 aromatic carbocycles. The predicted octanol–water partition coefficient (Wildman–Crippen LogP) is 5.63. The molecule has 5 nitrogen and oxygen atoms in total. The van der Waals surface area contributed by atoms with Crippen LogP contribution in [0.25, 0.3) is 10.2 Å². The number of aromatic nitrogens is 2. The molecule has 0 N–H and O–H groups in total. The third-order valence-electron chi connectivity index (χ3n) is 4.62. The van der Waals surface area contributed by atoms with Crippen LogP contribution < -0.4 is 9.64 Å². The van der Waals surface area contributed by atoms with Crippen LogP contribution in [0, 0.1) is 6.92 Å². The van der Waals surface area contributed by atoms with E-state index in [-0.39, 0.29) is 12.0 Å². The molecule has 152 valence electrons. The lowest BCUT2D eigenvalue weighted by Crippen LogP contribution is -2.30. The quantitative estimate of drug-likeness (QED) is 0.408. The molecule has 4 rings (SSSR count). The number of thiazole rings is 1. The van der Waals surface area contributed by atoms with Gasteiger partial charge in [-0.05, 0) is 68.3 Å². The maximum Gasteiger partial charge on any atom is 0.260 e. The van der Waals surface area contributed by atoms with Crippen LogP contribution in [-0.2, 0) is 6.54 Å². The molecule has 0 atom stereocenters. The summed E-state index contributed by atoms with van der Waals surface area (Å²) in [5, 5.41) is 0.677. The van der Waals surface area contributed by atoms with Crippen molar-refractivity contribution >= 4 is 32.6 Å². The number of nitrogens with zero attached hydrogens (tertiary/aromatic N) is 3. The number of para-hydroxylation sites is 1. The second kappa shape index (κ2) is 8.63. The number of benzene rings is 2. The van der Waals surface area contributed by atoms with E-state index in [1.165, 1.54) is 11.3 Å². The Kier molecular flexibility index (Phi) is 5.77. The van der Waals surface area contributed by atoms with E-state index in [9.17, 15) is 4.79 Å². The number of aryl methyl sites for hydroxylation is 1. The van der Waals surface area contributed by atoms with E-state index in [0.717, 1.165) is 27.1 Å². The maximum absolute atomic E-state index is 13.5. The molecule has 30 heavy (non-hydrogen) atoms. The molecule has 0 spiro atoms. The van der Waals surface area contributed by atoms with Gasteiger partial charge in [0, 0.05) is 18.0 Å². The van der Waals surface area contributed by atoms with Crippen molar-refractivity contribution in [1.29, 1.82) is 0 Å². The van der Waals surface area contributed by atoms with Gasteiger partial charge in [0.05, 0.1) is 22.9 Å². The first-order valence-electron chi connectivity index (χ1n) is 9.85. The van der Waals surface area contributed by atoms with Crippen LogP contribution in [0.1, 0.15) is 35.3 Å². The highest BCUT2D eigenvalue weighted by molar-refractivity contribution is 7.22. The minimum Gasteiger partial charge on any atom is -0.491 e. The summed E-state index contributed by atoms with van der Waals surface area (Å²) in [5.74, 6) is 0.641. The van der Waals surface area contributed by atoms with Crippen LogP contribution >= 0.6 is 11.3 Å². The molecule has 0 aliphatic carbocycles. The Labute approximate surface area is 180 Å². The van der Waals surface area contributed by atoms with Crippen LogP contribution in [0.2, 0.25) is 0 Å². The lowest BCUT2D eigenvalue weighted by atomic mass is 10.1. The fraction of sp³-hybridized carbons (Fsp3) is 0.208. The van der Waals surface area contributed by atoms with Crippen LogP contribution in [0.4, 0.5) is 5.13 Å². The summed E-state index contributed by atoms with van der Waals surface area (Å²) in [5.41, 5.74) is 3.56. The average molecular weight is 418 g/mol. The largest absolute Gasteiger partial charge is 0.491 e. The number of ether oxygens (including phenoxy) is 1. The fourth-order valence-corrected chi connectivity index (χ4v) is 4.24. The van der Waals surface area contributed by atoms with Gasteiger partial charge in [0.25, 0.3) is 5.91 Å². The Morgan fingerprint density at radius 2 is 1.90 bits per heavy atom. The van der Waals surface area contributed by atoms with Gasteiger partial charge in [0.1, 0.15) is 5.75 Å². The zero-order valence-corrected chi connectivity index (χ0v) is 18.0. The topological polar surface area (TPSA) is 55.3 Å². The van der Waals surface area contributed by atoms with Gasteiger partial charge in [0.2, 0.25) is 0 Å². The maximum atomic E-state index is 13.5. The SMILES string of the molecule is Cc1cccc2sc(N(Cc3cccnc3)C(=O)c3ccc(OC(C)C)cc3)nc12. The molecule has 1 amide bonds. The summed E-state index contributed by atoms with van der Waals surface area (Å²) >= 11 is 1.52. The molecule has 0 saturated heterocycles. The van der Waals surface area contributed by atoms with E-state index in [0.29, 0.717) is 17.2 Å². The van der Waals surface area contributed by atoms with Crippen molar-refractivity contribution in [2.24, 2.45) is 0 Å². The van der Waals surface area contributed by atoms with Crippen LogP contribution in [0.3, 0.4) is 0 Å². The minimum absolute atomic E-state index is 0.0830. The van der Waals surface area contributed by atoms with Gasteiger partial charge in [-0.25, -0.2) is 4.98 Å². The van der Waals surface area contributed by atoms with Gasteiger partial charge >= 0.3 is 0 Å². The monoisotopic (exact) mass is 417 g/mol. The molecular formula is C24H23N3O2S. The zero-order chi connectivity index (χ0) is 21.1. The molecule has 4 aromatic rings. The summed E-state index contributed by atoms with van der Waals surface area (Å²) in [4.78, 5) is 24.2. The lowest BCUT2D eigenvalue weighted by Gasteiger charge is -2.20. The second-order valence-corrected chi connectivity index (χ2v) is 8.37. The Morgan fingerprint density at radius 3 is 2.57 bits per heavy atom. The molecule has 2 heterocycles. The van der Waals surface area contributed by atoms with E-state index < -0.39 is 0 Å². The number of amides is 1. The second-order valence-electron chi connectivity index (χ2n) is 7.36. The number of carbonyl (C=O) groups is 1. The average Bonchev–Trinajstić information content (AvgIpc) is 3.18. The molecule has 0 bridgehead atoms. The van der Waals surface area contributed by atoms with Gasteiger partial charge < -0.3 is 4.74 Å². The summed E-state index contributed by atoms with van der Waals surface area (Å²) in [7, 11) is 0. The van der Waals surface area contributed by atoms with Gasteiger partial charge in [-0.15, -0.1) is 0 Å². The third-order valence-corrected chi connectivity index (χ3v) is 5.67. The summed E-state index contributed by atoms with van der Waals surface area (Å²) in [6.07, 6.45) is 3.59. The van der Waals surface area contributed by atoms with Crippen molar-refractivity contribution < 1.29 is 9.53 Å². The number of hydrogen-bond acceptors (Lipinski definition) is 5. The number of fused-ring (bicyclic) bond motifs is 1. The van der Waals surface area contributed by atoms with E-state index >= 15 is 0 Å². The smallest absolute Gasteiger partial charge is 0.260 e. The first-order valence-corrected chi connectivity index (χ1v) is 10.7. The summed E-state index contributed by atoms with van der Waals surface area (Å²) in [6, 6.07) is 17.2. The van der Waals surface area contributed by atoms with Crippen LogP contribution in [0.5, 0.6) is 5.75 Å². The summed E-state index contributed by atoms with van der Waals surface area (Å²) in [6.45, 7) is 6.38. The van der Waals surface area contributed by atoms with Crippen molar-refractivity contribution in [2.45, 2.75) is 33.4 Å². The lowest BCUT2D eigenvalue weighted by molar-refractivity contribution is 0.0985. The third kappa shape index (κ3) is 4.33. The Morgan fingerprint density at radius 1 is 1.10 bits per heavy atom. The fourth-order valence-electron chi connectivity index (χ4n) is 3.19. The van der Waals surface area contributed by atoms with Gasteiger partial charge in [0.15, 0.2) is 5.13 Å². The summed E-state index contributed by atoms with van der Waals surface area (Å²) < 4.78 is 6.76. The first-order chi connectivity index (χ1) is 14.5.